The van der Waals surface area contributed by atoms with E-state index < -0.39 is 42.1 Å². The van der Waals surface area contributed by atoms with Gasteiger partial charge in [-0.05, 0) is 64.5 Å². The van der Waals surface area contributed by atoms with Crippen LogP contribution in [0.1, 0.15) is 74.5 Å². The number of amides is 1. The first-order valence-corrected chi connectivity index (χ1v) is 18.3. The Morgan fingerprint density at radius 3 is 2.52 bits per heavy atom. The lowest BCUT2D eigenvalue weighted by molar-refractivity contribution is -0.120. The molecule has 2 aromatic heterocycles. The topological polar surface area (TPSA) is 120 Å². The average molecular weight is 725 g/mol. The summed E-state index contributed by atoms with van der Waals surface area (Å²) in [6, 6.07) is 4.48. The van der Waals surface area contributed by atoms with Gasteiger partial charge < -0.3 is 24.4 Å². The quantitative estimate of drug-likeness (QED) is 0.280. The van der Waals surface area contributed by atoms with Crippen LogP contribution in [0.4, 0.5) is 19.0 Å². The SMILES string of the molecule is CC(C)N(C(=O)c1cc(F)ccc1Oc1nncnc1N1CCC(Oc2ccnc3c2CN(CCCN2CC(C)(O)C2)CC3)CC1)C1CC(F)(F)C1. The number of piperidine rings is 1. The monoisotopic (exact) mass is 724 g/mol. The maximum atomic E-state index is 14.5. The van der Waals surface area contributed by atoms with E-state index in [4.69, 9.17) is 9.47 Å². The highest BCUT2D eigenvalue weighted by molar-refractivity contribution is 5.97. The number of hydrogen-bond donors (Lipinski definition) is 1. The lowest BCUT2D eigenvalue weighted by Gasteiger charge is -2.44. The van der Waals surface area contributed by atoms with E-state index >= 15 is 0 Å². The molecule has 1 amide bonds. The van der Waals surface area contributed by atoms with Crippen LogP contribution < -0.4 is 14.4 Å². The van der Waals surface area contributed by atoms with Crippen molar-refractivity contribution in [3.63, 3.8) is 0 Å². The van der Waals surface area contributed by atoms with Crippen LogP contribution in [-0.4, -0.2) is 121 Å². The number of ether oxygens (including phenoxy) is 2. The number of fused-ring (bicyclic) bond motifs is 1. The Kier molecular flexibility index (Phi) is 10.3. The summed E-state index contributed by atoms with van der Waals surface area (Å²) in [6.07, 6.45) is 5.57. The van der Waals surface area contributed by atoms with Crippen LogP contribution in [0.2, 0.25) is 0 Å². The number of hydrogen-bond acceptors (Lipinski definition) is 11. The van der Waals surface area contributed by atoms with Crippen molar-refractivity contribution < 1.29 is 32.5 Å². The number of β-amino-alcohol motifs (C(OH)–C–C–N with tert-alkyl or cyclic N) is 1. The summed E-state index contributed by atoms with van der Waals surface area (Å²) in [6.45, 7) is 11.7. The molecular weight excluding hydrogens is 677 g/mol. The molecule has 1 N–H and O–H groups in total. The Hall–Kier alpha value is -4.08. The first kappa shape index (κ1) is 36.3. The van der Waals surface area contributed by atoms with Gasteiger partial charge in [-0.1, -0.05) is 0 Å². The maximum Gasteiger partial charge on any atom is 0.282 e. The summed E-state index contributed by atoms with van der Waals surface area (Å²) in [7, 11) is 0. The fraction of sp³-hybridized carbons (Fsp3) is 0.595. The van der Waals surface area contributed by atoms with Gasteiger partial charge in [-0.3, -0.25) is 19.6 Å². The molecule has 1 saturated carbocycles. The molecule has 0 spiro atoms. The number of halogens is 3. The van der Waals surface area contributed by atoms with Gasteiger partial charge in [-0.25, -0.2) is 18.2 Å². The van der Waals surface area contributed by atoms with Gasteiger partial charge in [0.15, 0.2) is 5.82 Å². The zero-order valence-electron chi connectivity index (χ0n) is 30.0. The van der Waals surface area contributed by atoms with Crippen molar-refractivity contribution in [1.29, 1.82) is 0 Å². The molecule has 3 aromatic rings. The zero-order valence-corrected chi connectivity index (χ0v) is 30.0. The number of likely N-dealkylation sites (tertiary alicyclic amines) is 1. The van der Waals surface area contributed by atoms with Gasteiger partial charge in [0, 0.05) is 101 Å². The Bertz CT molecular complexity index is 1740. The van der Waals surface area contributed by atoms with E-state index in [9.17, 15) is 23.1 Å². The summed E-state index contributed by atoms with van der Waals surface area (Å²) in [5.41, 5.74) is 1.59. The fourth-order valence-corrected chi connectivity index (χ4v) is 7.92. The lowest BCUT2D eigenvalue weighted by Crippen LogP contribution is -2.60. The minimum absolute atomic E-state index is 0.0290. The van der Waals surface area contributed by atoms with Crippen molar-refractivity contribution >= 4 is 11.7 Å². The first-order chi connectivity index (χ1) is 24.8. The highest BCUT2D eigenvalue weighted by atomic mass is 19.3. The minimum atomic E-state index is -2.82. The normalized spacial score (nSPS) is 20.6. The second kappa shape index (κ2) is 14.7. The number of aliphatic hydroxyl groups is 1. The van der Waals surface area contributed by atoms with Crippen LogP contribution >= 0.6 is 0 Å². The standard InChI is InChI=1S/C37H47F3N8O4/c1-24(2)48(26-18-37(39,40)19-26)35(49)28-17-25(38)5-6-31(28)52-34-33(42-23-43-44-34)47-15-8-27(9-16-47)51-32-7-11-41-30-10-14-45(20-29(30)32)12-4-13-46-21-36(3,50)22-46/h5-7,11,17,23-24,26-27,50H,4,8-10,12-16,18-22H2,1-3H3. The minimum Gasteiger partial charge on any atom is -0.490 e. The number of anilines is 1. The maximum absolute atomic E-state index is 14.5. The van der Waals surface area contributed by atoms with Crippen molar-refractivity contribution in [2.75, 3.05) is 50.7 Å². The predicted octanol–water partition coefficient (Wildman–Crippen LogP) is 4.71. The fourth-order valence-electron chi connectivity index (χ4n) is 7.92. The summed E-state index contributed by atoms with van der Waals surface area (Å²) >= 11 is 0. The van der Waals surface area contributed by atoms with Gasteiger partial charge in [0.1, 0.15) is 29.7 Å². The van der Waals surface area contributed by atoms with Crippen molar-refractivity contribution in [2.45, 2.75) is 95.6 Å². The molecule has 7 rings (SSSR count). The van der Waals surface area contributed by atoms with Gasteiger partial charge in [0.25, 0.3) is 17.7 Å². The smallest absolute Gasteiger partial charge is 0.282 e. The molecule has 3 aliphatic heterocycles. The average Bonchev–Trinajstić information content (AvgIpc) is 3.08. The van der Waals surface area contributed by atoms with Crippen LogP contribution in [0.25, 0.3) is 0 Å². The largest absolute Gasteiger partial charge is 0.490 e. The Morgan fingerprint density at radius 2 is 1.81 bits per heavy atom. The van der Waals surface area contributed by atoms with Gasteiger partial charge in [0.2, 0.25) is 0 Å². The van der Waals surface area contributed by atoms with Crippen LogP contribution in [0, 0.1) is 5.82 Å². The van der Waals surface area contributed by atoms with Crippen molar-refractivity contribution in [1.82, 2.24) is 34.9 Å². The molecule has 5 heterocycles. The summed E-state index contributed by atoms with van der Waals surface area (Å²) in [5, 5.41) is 18.1. The third-order valence-corrected chi connectivity index (χ3v) is 10.5. The van der Waals surface area contributed by atoms with E-state index in [1.165, 1.54) is 23.4 Å². The predicted molar refractivity (Wildman–Crippen MR) is 186 cm³/mol. The molecule has 12 nitrogen and oxygen atoms in total. The molecule has 0 atom stereocenters. The van der Waals surface area contributed by atoms with E-state index in [0.29, 0.717) is 31.7 Å². The molecule has 280 valence electrons. The number of carbonyl (C=O) groups is 1. The molecule has 0 unspecified atom stereocenters. The molecule has 1 aliphatic carbocycles. The van der Waals surface area contributed by atoms with Crippen molar-refractivity contribution in [3.8, 4) is 17.4 Å². The van der Waals surface area contributed by atoms with Crippen LogP contribution in [0.5, 0.6) is 17.4 Å². The lowest BCUT2D eigenvalue weighted by atomic mass is 9.85. The highest BCUT2D eigenvalue weighted by Crippen LogP contribution is 2.42. The number of carbonyl (C=O) groups excluding carboxylic acids is 1. The third kappa shape index (κ3) is 8.11. The Labute approximate surface area is 301 Å². The van der Waals surface area contributed by atoms with Gasteiger partial charge in [-0.15, -0.1) is 10.2 Å². The van der Waals surface area contributed by atoms with E-state index in [-0.39, 0.29) is 29.3 Å². The van der Waals surface area contributed by atoms with E-state index in [1.807, 2.05) is 24.1 Å². The molecule has 0 bridgehead atoms. The number of rotatable bonds is 12. The Morgan fingerprint density at radius 1 is 1.06 bits per heavy atom. The molecular formula is C37H47F3N8O4. The van der Waals surface area contributed by atoms with E-state index in [2.05, 4.69) is 30.0 Å². The summed E-state index contributed by atoms with van der Waals surface area (Å²) in [4.78, 5) is 31.0. The number of benzene rings is 1. The van der Waals surface area contributed by atoms with Gasteiger partial charge in [-0.2, -0.15) is 0 Å². The number of nitrogens with zero attached hydrogens (tertiary/aromatic N) is 8. The van der Waals surface area contributed by atoms with Crippen LogP contribution in [0.3, 0.4) is 0 Å². The molecule has 52 heavy (non-hydrogen) atoms. The van der Waals surface area contributed by atoms with Crippen LogP contribution in [0.15, 0.2) is 36.8 Å². The summed E-state index contributed by atoms with van der Waals surface area (Å²) < 4.78 is 54.8. The van der Waals surface area contributed by atoms with Gasteiger partial charge in [0.05, 0.1) is 11.2 Å². The first-order valence-electron chi connectivity index (χ1n) is 18.3. The van der Waals surface area contributed by atoms with E-state index in [0.717, 1.165) is 75.2 Å². The molecule has 0 radical (unpaired) electrons. The van der Waals surface area contributed by atoms with Crippen molar-refractivity contribution in [2.24, 2.45) is 0 Å². The number of pyridine rings is 1. The third-order valence-electron chi connectivity index (χ3n) is 10.5. The van der Waals surface area contributed by atoms with Crippen LogP contribution in [-0.2, 0) is 13.0 Å². The second-order valence-corrected chi connectivity index (χ2v) is 15.2. The molecule has 3 fully saturated rings. The Balaban J connectivity index is 0.980. The van der Waals surface area contributed by atoms with Crippen molar-refractivity contribution in [3.05, 3.63) is 59.4 Å². The van der Waals surface area contributed by atoms with Gasteiger partial charge >= 0.3 is 0 Å². The molecule has 1 aromatic carbocycles. The number of aromatic nitrogens is 4. The second-order valence-electron chi connectivity index (χ2n) is 15.2. The summed E-state index contributed by atoms with van der Waals surface area (Å²) in [5.74, 6) is -2.69. The zero-order chi connectivity index (χ0) is 36.6. The number of alkyl halides is 2. The highest BCUT2D eigenvalue weighted by Gasteiger charge is 2.50. The molecule has 4 aliphatic rings. The molecule has 2 saturated heterocycles. The molecule has 15 heteroatoms. The van der Waals surface area contributed by atoms with E-state index in [1.54, 1.807) is 13.8 Å².